The van der Waals surface area contributed by atoms with Crippen LogP contribution in [0.4, 0.5) is 4.39 Å². The van der Waals surface area contributed by atoms with Gasteiger partial charge in [0, 0.05) is 6.04 Å². The van der Waals surface area contributed by atoms with Gasteiger partial charge in [-0.2, -0.15) is 0 Å². The molecule has 1 saturated carbocycles. The third-order valence-corrected chi connectivity index (χ3v) is 4.39. The summed E-state index contributed by atoms with van der Waals surface area (Å²) in [6.45, 7) is 0. The molecule has 8 heteroatoms. The second kappa shape index (κ2) is 5.07. The Labute approximate surface area is 115 Å². The lowest BCUT2D eigenvalue weighted by molar-refractivity contribution is 0.0912. The summed E-state index contributed by atoms with van der Waals surface area (Å²) in [5, 5.41) is 7.22. The number of halogens is 2. The van der Waals surface area contributed by atoms with Crippen LogP contribution in [-0.4, -0.2) is 20.4 Å². The number of carbonyl (C=O) groups is 1. The number of rotatable bonds is 3. The monoisotopic (exact) mass is 306 g/mol. The van der Waals surface area contributed by atoms with Crippen molar-refractivity contribution in [2.75, 3.05) is 0 Å². The highest BCUT2D eigenvalue weighted by Crippen LogP contribution is 2.25. The topological polar surface area (TPSA) is 89.3 Å². The summed E-state index contributed by atoms with van der Waals surface area (Å²) in [4.78, 5) is 11.4. The first-order valence-corrected chi connectivity index (χ1v) is 7.54. The maximum absolute atomic E-state index is 13.7. The molecule has 3 N–H and O–H groups in total. The lowest BCUT2D eigenvalue weighted by atomic mass is 9.93. The zero-order valence-corrected chi connectivity index (χ0v) is 11.4. The van der Waals surface area contributed by atoms with Crippen molar-refractivity contribution in [1.29, 1.82) is 0 Å². The van der Waals surface area contributed by atoms with Crippen molar-refractivity contribution < 1.29 is 17.6 Å². The maximum Gasteiger partial charge on any atom is 0.254 e. The molecular formula is C11H12ClFN2O3S. The Balaban J connectivity index is 2.36. The van der Waals surface area contributed by atoms with Gasteiger partial charge in [-0.25, -0.2) is 17.9 Å². The predicted molar refractivity (Wildman–Crippen MR) is 67.9 cm³/mol. The van der Waals surface area contributed by atoms with E-state index in [0.29, 0.717) is 0 Å². The number of nitrogens with two attached hydrogens (primary N) is 1. The SMILES string of the molecule is NS(=O)(=O)c1cc(C(=O)NC2CCC2)c(F)cc1Cl. The smallest absolute Gasteiger partial charge is 0.254 e. The summed E-state index contributed by atoms with van der Waals surface area (Å²) in [6, 6.07) is 1.65. The molecule has 0 aliphatic heterocycles. The first-order chi connectivity index (χ1) is 8.79. The Morgan fingerprint density at radius 3 is 2.53 bits per heavy atom. The normalized spacial score (nSPS) is 15.9. The van der Waals surface area contributed by atoms with Crippen LogP contribution in [0.15, 0.2) is 17.0 Å². The summed E-state index contributed by atoms with van der Waals surface area (Å²) in [6.07, 6.45) is 2.68. The lowest BCUT2D eigenvalue weighted by Gasteiger charge is -2.26. The molecule has 0 unspecified atom stereocenters. The van der Waals surface area contributed by atoms with Gasteiger partial charge in [-0.05, 0) is 31.4 Å². The third-order valence-electron chi connectivity index (χ3n) is 3.01. The average molecular weight is 307 g/mol. The largest absolute Gasteiger partial charge is 0.349 e. The van der Waals surface area contributed by atoms with E-state index in [1.54, 1.807) is 0 Å². The van der Waals surface area contributed by atoms with Crippen molar-refractivity contribution in [3.05, 3.63) is 28.5 Å². The van der Waals surface area contributed by atoms with Gasteiger partial charge in [0.25, 0.3) is 5.91 Å². The van der Waals surface area contributed by atoms with Crippen LogP contribution in [0, 0.1) is 5.82 Å². The van der Waals surface area contributed by atoms with Crippen molar-refractivity contribution >= 4 is 27.5 Å². The number of benzene rings is 1. The fourth-order valence-electron chi connectivity index (χ4n) is 1.74. The molecule has 1 aromatic rings. The molecule has 1 amide bonds. The predicted octanol–water partition coefficient (Wildman–Crippen LogP) is 1.41. The molecule has 104 valence electrons. The van der Waals surface area contributed by atoms with E-state index >= 15 is 0 Å². The second-order valence-electron chi connectivity index (χ2n) is 4.41. The molecule has 0 saturated heterocycles. The van der Waals surface area contributed by atoms with E-state index in [4.69, 9.17) is 16.7 Å². The van der Waals surface area contributed by atoms with E-state index in [1.807, 2.05) is 0 Å². The highest BCUT2D eigenvalue weighted by atomic mass is 35.5. The maximum atomic E-state index is 13.7. The van der Waals surface area contributed by atoms with E-state index in [9.17, 15) is 17.6 Å². The number of hydrogen-bond donors (Lipinski definition) is 2. The van der Waals surface area contributed by atoms with Gasteiger partial charge < -0.3 is 5.32 Å². The molecule has 1 aromatic carbocycles. The van der Waals surface area contributed by atoms with Gasteiger partial charge in [0.1, 0.15) is 10.7 Å². The lowest BCUT2D eigenvalue weighted by Crippen LogP contribution is -2.39. The molecule has 0 bridgehead atoms. The van der Waals surface area contributed by atoms with Crippen LogP contribution in [0.1, 0.15) is 29.6 Å². The van der Waals surface area contributed by atoms with Gasteiger partial charge in [0.2, 0.25) is 10.0 Å². The molecule has 1 aliphatic rings. The minimum absolute atomic E-state index is 0.0144. The number of sulfonamides is 1. The van der Waals surface area contributed by atoms with Gasteiger partial charge in [-0.1, -0.05) is 11.6 Å². The third kappa shape index (κ3) is 3.05. The first kappa shape index (κ1) is 14.2. The van der Waals surface area contributed by atoms with Gasteiger partial charge in [0.05, 0.1) is 10.6 Å². The highest BCUT2D eigenvalue weighted by molar-refractivity contribution is 7.89. The Hall–Kier alpha value is -1.18. The van der Waals surface area contributed by atoms with Crippen LogP contribution in [0.3, 0.4) is 0 Å². The van der Waals surface area contributed by atoms with Crippen molar-refractivity contribution in [2.24, 2.45) is 5.14 Å². The van der Waals surface area contributed by atoms with E-state index in [0.717, 1.165) is 31.4 Å². The molecule has 0 heterocycles. The van der Waals surface area contributed by atoms with Crippen molar-refractivity contribution in [2.45, 2.75) is 30.2 Å². The first-order valence-electron chi connectivity index (χ1n) is 5.62. The highest BCUT2D eigenvalue weighted by Gasteiger charge is 2.24. The Kier molecular flexibility index (Phi) is 3.80. The van der Waals surface area contributed by atoms with Crippen LogP contribution >= 0.6 is 11.6 Å². The fourth-order valence-corrected chi connectivity index (χ4v) is 2.82. The summed E-state index contributed by atoms with van der Waals surface area (Å²) < 4.78 is 36.2. The quantitative estimate of drug-likeness (QED) is 0.884. The van der Waals surface area contributed by atoms with E-state index in [2.05, 4.69) is 5.32 Å². The molecule has 0 aromatic heterocycles. The molecule has 1 aliphatic carbocycles. The van der Waals surface area contributed by atoms with E-state index in [1.165, 1.54) is 0 Å². The number of amides is 1. The fraction of sp³-hybridized carbons (Fsp3) is 0.364. The van der Waals surface area contributed by atoms with Gasteiger partial charge in [0.15, 0.2) is 0 Å². The van der Waals surface area contributed by atoms with Crippen LogP contribution < -0.4 is 10.5 Å². The van der Waals surface area contributed by atoms with Crippen LogP contribution in [0.5, 0.6) is 0 Å². The van der Waals surface area contributed by atoms with Crippen LogP contribution in [-0.2, 0) is 10.0 Å². The van der Waals surface area contributed by atoms with Gasteiger partial charge >= 0.3 is 0 Å². The minimum Gasteiger partial charge on any atom is -0.349 e. The number of primary sulfonamides is 1. The van der Waals surface area contributed by atoms with Crippen LogP contribution in [0.2, 0.25) is 5.02 Å². The Bertz CT molecular complexity index is 629. The summed E-state index contributed by atoms with van der Waals surface area (Å²) in [5.41, 5.74) is -0.375. The molecule has 2 rings (SSSR count). The minimum atomic E-state index is -4.10. The molecule has 1 fully saturated rings. The van der Waals surface area contributed by atoms with Crippen molar-refractivity contribution in [3.8, 4) is 0 Å². The Morgan fingerprint density at radius 1 is 1.42 bits per heavy atom. The van der Waals surface area contributed by atoms with Crippen molar-refractivity contribution in [3.63, 3.8) is 0 Å². The van der Waals surface area contributed by atoms with E-state index < -0.39 is 26.6 Å². The van der Waals surface area contributed by atoms with Gasteiger partial charge in [-0.3, -0.25) is 4.79 Å². The zero-order valence-electron chi connectivity index (χ0n) is 9.82. The second-order valence-corrected chi connectivity index (χ2v) is 6.35. The molecule has 0 spiro atoms. The summed E-state index contributed by atoms with van der Waals surface area (Å²) in [7, 11) is -4.10. The van der Waals surface area contributed by atoms with Crippen molar-refractivity contribution in [1.82, 2.24) is 5.32 Å². The molecular weight excluding hydrogens is 295 g/mol. The number of hydrogen-bond acceptors (Lipinski definition) is 3. The molecule has 5 nitrogen and oxygen atoms in total. The number of carbonyl (C=O) groups excluding carboxylic acids is 1. The summed E-state index contributed by atoms with van der Waals surface area (Å²) in [5.74, 6) is -1.54. The molecule has 19 heavy (non-hydrogen) atoms. The molecule has 0 atom stereocenters. The summed E-state index contributed by atoms with van der Waals surface area (Å²) >= 11 is 5.60. The van der Waals surface area contributed by atoms with Crippen LogP contribution in [0.25, 0.3) is 0 Å². The average Bonchev–Trinajstić information content (AvgIpc) is 2.21. The van der Waals surface area contributed by atoms with Gasteiger partial charge in [-0.15, -0.1) is 0 Å². The standard InChI is InChI=1S/C11H12ClFN2O3S/c12-8-5-9(13)7(4-10(8)19(14,17)18)11(16)15-6-2-1-3-6/h4-6H,1-3H2,(H,15,16)(H2,14,17,18). The molecule has 0 radical (unpaired) electrons. The van der Waals surface area contributed by atoms with E-state index in [-0.39, 0.29) is 16.6 Å². The zero-order chi connectivity index (χ0) is 14.2. The number of nitrogens with one attached hydrogen (secondary N) is 1. The Morgan fingerprint density at radius 2 is 2.05 bits per heavy atom.